The first-order valence-corrected chi connectivity index (χ1v) is 9.35. The molecule has 0 aliphatic rings. The first kappa shape index (κ1) is 18.2. The number of allylic oxidation sites excluding steroid dienone is 1. The molecule has 0 aromatic heterocycles. The first-order valence-electron chi connectivity index (χ1n) is 8.41. The van der Waals surface area contributed by atoms with E-state index in [0.717, 1.165) is 26.8 Å². The van der Waals surface area contributed by atoms with E-state index in [0.29, 0.717) is 12.2 Å². The number of benzene rings is 3. The molecular formula is C23H19AsO2. The van der Waals surface area contributed by atoms with Gasteiger partial charge in [-0.2, -0.15) is 0 Å². The van der Waals surface area contributed by atoms with E-state index in [9.17, 15) is 4.79 Å². The van der Waals surface area contributed by atoms with E-state index in [2.05, 4.69) is 16.9 Å². The van der Waals surface area contributed by atoms with Crippen LogP contribution in [-0.4, -0.2) is 22.6 Å². The Bertz CT molecular complexity index is 915. The standard InChI is InChI=1S/C23H19AsO2/c1-17(25)21(20-10-6-3-7-11-20)14-19-12-13-22(24)23(15-19)26-16-18-8-4-2-5-9-18/h2-15H,16H2,1H3. The van der Waals surface area contributed by atoms with Crippen LogP contribution in [0.25, 0.3) is 11.6 Å². The van der Waals surface area contributed by atoms with Gasteiger partial charge in [-0.1, -0.05) is 0 Å². The Labute approximate surface area is 163 Å². The normalized spacial score (nSPS) is 11.2. The summed E-state index contributed by atoms with van der Waals surface area (Å²) in [6.07, 6.45) is 1.92. The molecule has 2 nitrogen and oxygen atoms in total. The number of carbonyl (C=O) groups excluding carboxylic acids is 1. The van der Waals surface area contributed by atoms with Gasteiger partial charge in [-0.25, -0.2) is 0 Å². The summed E-state index contributed by atoms with van der Waals surface area (Å²) in [6.45, 7) is 2.10. The van der Waals surface area contributed by atoms with E-state index in [4.69, 9.17) is 4.74 Å². The van der Waals surface area contributed by atoms with Crippen LogP contribution < -0.4 is 9.09 Å². The fraction of sp³-hybridized carbons (Fsp3) is 0.0870. The first-order chi connectivity index (χ1) is 12.6. The second-order valence-corrected chi connectivity index (χ2v) is 6.99. The SMILES string of the molecule is CC(=O)C(=Cc1ccc([As])c(OCc2ccccc2)c1)c1ccccc1. The molecule has 0 fully saturated rings. The van der Waals surface area contributed by atoms with Crippen LogP contribution >= 0.6 is 0 Å². The van der Waals surface area contributed by atoms with Crippen LogP contribution in [0.4, 0.5) is 0 Å². The predicted molar refractivity (Wildman–Crippen MR) is 108 cm³/mol. The summed E-state index contributed by atoms with van der Waals surface area (Å²) < 4.78 is 6.99. The number of hydrogen-bond acceptors (Lipinski definition) is 2. The molecule has 0 atom stereocenters. The van der Waals surface area contributed by atoms with Crippen LogP contribution in [0.5, 0.6) is 5.75 Å². The number of rotatable bonds is 6. The van der Waals surface area contributed by atoms with Gasteiger partial charge >= 0.3 is 163 Å². The van der Waals surface area contributed by atoms with Gasteiger partial charge in [0.25, 0.3) is 0 Å². The zero-order valence-electron chi connectivity index (χ0n) is 14.6. The molecular weight excluding hydrogens is 383 g/mol. The van der Waals surface area contributed by atoms with Crippen molar-refractivity contribution < 1.29 is 9.53 Å². The minimum absolute atomic E-state index is 0.0410. The van der Waals surface area contributed by atoms with Crippen molar-refractivity contribution in [1.82, 2.24) is 0 Å². The van der Waals surface area contributed by atoms with Crippen LogP contribution in [0.15, 0.2) is 78.9 Å². The molecule has 0 aliphatic carbocycles. The molecule has 3 aromatic carbocycles. The maximum absolute atomic E-state index is 12.1. The molecule has 0 saturated heterocycles. The van der Waals surface area contributed by atoms with Crippen LogP contribution in [0.3, 0.4) is 0 Å². The van der Waals surface area contributed by atoms with Crippen molar-refractivity contribution in [3.63, 3.8) is 0 Å². The van der Waals surface area contributed by atoms with Crippen LogP contribution in [0.2, 0.25) is 0 Å². The van der Waals surface area contributed by atoms with E-state index in [-0.39, 0.29) is 5.78 Å². The number of hydrogen-bond donors (Lipinski definition) is 0. The number of ketones is 1. The molecule has 0 bridgehead atoms. The second kappa shape index (κ2) is 8.69. The molecule has 0 unspecified atom stereocenters. The summed E-state index contributed by atoms with van der Waals surface area (Å²) in [5.74, 6) is 0.845. The average molecular weight is 402 g/mol. The van der Waals surface area contributed by atoms with Crippen LogP contribution in [0, 0.1) is 0 Å². The Morgan fingerprint density at radius 1 is 0.962 bits per heavy atom. The Morgan fingerprint density at radius 2 is 1.62 bits per heavy atom. The van der Waals surface area contributed by atoms with E-state index in [1.807, 2.05) is 84.9 Å². The monoisotopic (exact) mass is 402 g/mol. The molecule has 26 heavy (non-hydrogen) atoms. The van der Waals surface area contributed by atoms with Crippen molar-refractivity contribution in [3.05, 3.63) is 95.6 Å². The topological polar surface area (TPSA) is 26.3 Å². The zero-order valence-corrected chi connectivity index (χ0v) is 16.4. The molecule has 3 aromatic rings. The van der Waals surface area contributed by atoms with Crippen molar-refractivity contribution in [2.24, 2.45) is 0 Å². The van der Waals surface area contributed by atoms with Gasteiger partial charge in [0.2, 0.25) is 0 Å². The van der Waals surface area contributed by atoms with E-state index < -0.39 is 0 Å². The van der Waals surface area contributed by atoms with Gasteiger partial charge in [0.15, 0.2) is 0 Å². The van der Waals surface area contributed by atoms with Crippen molar-refractivity contribution >= 4 is 38.6 Å². The van der Waals surface area contributed by atoms with Gasteiger partial charge in [0.05, 0.1) is 0 Å². The third kappa shape index (κ3) is 4.74. The van der Waals surface area contributed by atoms with Crippen molar-refractivity contribution in [2.45, 2.75) is 13.5 Å². The number of ether oxygens (including phenoxy) is 1. The van der Waals surface area contributed by atoms with Crippen molar-refractivity contribution in [1.29, 1.82) is 0 Å². The molecule has 0 N–H and O–H groups in total. The summed E-state index contributed by atoms with van der Waals surface area (Å²) in [7, 11) is 0. The van der Waals surface area contributed by atoms with Crippen molar-refractivity contribution in [3.8, 4) is 5.75 Å². The third-order valence-electron chi connectivity index (χ3n) is 4.00. The fourth-order valence-corrected chi connectivity index (χ4v) is 3.07. The molecule has 3 heteroatoms. The molecule has 0 aliphatic heterocycles. The maximum atomic E-state index is 12.1. The molecule has 2 radical (unpaired) electrons. The van der Waals surface area contributed by atoms with Gasteiger partial charge in [0, 0.05) is 0 Å². The molecule has 0 spiro atoms. The Balaban J connectivity index is 1.87. The number of carbonyl (C=O) groups is 1. The molecule has 0 amide bonds. The van der Waals surface area contributed by atoms with E-state index in [1.165, 1.54) is 0 Å². The summed E-state index contributed by atoms with van der Waals surface area (Å²) >= 11 is 2.53. The predicted octanol–water partition coefficient (Wildman–Crippen LogP) is 4.19. The molecule has 3 rings (SSSR count). The second-order valence-electron chi connectivity index (χ2n) is 5.98. The van der Waals surface area contributed by atoms with Gasteiger partial charge < -0.3 is 0 Å². The zero-order chi connectivity index (χ0) is 18.4. The summed E-state index contributed by atoms with van der Waals surface area (Å²) in [5.41, 5.74) is 3.67. The fourth-order valence-electron chi connectivity index (χ4n) is 2.64. The summed E-state index contributed by atoms with van der Waals surface area (Å²) in [4.78, 5) is 12.1. The third-order valence-corrected chi connectivity index (χ3v) is 4.77. The molecule has 0 heterocycles. The van der Waals surface area contributed by atoms with Crippen LogP contribution in [0.1, 0.15) is 23.6 Å². The van der Waals surface area contributed by atoms with E-state index >= 15 is 0 Å². The summed E-state index contributed by atoms with van der Waals surface area (Å²) in [6, 6.07) is 25.8. The Kier molecular flexibility index (Phi) is 6.09. The van der Waals surface area contributed by atoms with Gasteiger partial charge in [0.1, 0.15) is 0 Å². The summed E-state index contributed by atoms with van der Waals surface area (Å²) in [5, 5.41) is 0. The quantitative estimate of drug-likeness (QED) is 0.351. The number of Topliss-reactive ketones (excluding diaryl/α,β-unsaturated/α-hetero) is 1. The average Bonchev–Trinajstić information content (AvgIpc) is 2.67. The van der Waals surface area contributed by atoms with Gasteiger partial charge in [-0.3, -0.25) is 0 Å². The molecule has 0 saturated carbocycles. The van der Waals surface area contributed by atoms with Gasteiger partial charge in [-0.15, -0.1) is 0 Å². The van der Waals surface area contributed by atoms with Crippen molar-refractivity contribution in [2.75, 3.05) is 0 Å². The van der Waals surface area contributed by atoms with Crippen LogP contribution in [-0.2, 0) is 11.4 Å². The minimum atomic E-state index is 0.0410. The Hall–Kier alpha value is -2.57. The Morgan fingerprint density at radius 3 is 2.27 bits per heavy atom. The van der Waals surface area contributed by atoms with Gasteiger partial charge in [-0.05, 0) is 0 Å². The van der Waals surface area contributed by atoms with E-state index in [1.54, 1.807) is 6.92 Å². The molecule has 128 valence electrons.